The third-order valence-corrected chi connectivity index (χ3v) is 9.47. The van der Waals surface area contributed by atoms with Crippen LogP contribution in [0.1, 0.15) is 95.4 Å². The zero-order chi connectivity index (χ0) is 35.1. The first-order valence-electron chi connectivity index (χ1n) is 17.9. The summed E-state index contributed by atoms with van der Waals surface area (Å²) in [4.78, 5) is 4.82. The summed E-state index contributed by atoms with van der Waals surface area (Å²) in [5.74, 6) is 3.77. The van der Waals surface area contributed by atoms with Crippen molar-refractivity contribution in [1.82, 2.24) is 19.3 Å². The van der Waals surface area contributed by atoms with E-state index in [1.807, 2.05) is 23.1 Å². The minimum Gasteiger partial charge on any atom is -0.509 e. The molecule has 7 rings (SSSR count). The van der Waals surface area contributed by atoms with Gasteiger partial charge in [-0.05, 0) is 81.6 Å². The van der Waals surface area contributed by atoms with Crippen molar-refractivity contribution in [1.29, 1.82) is 0 Å². The van der Waals surface area contributed by atoms with E-state index in [9.17, 15) is 0 Å². The van der Waals surface area contributed by atoms with Crippen LogP contribution >= 0.6 is 0 Å². The van der Waals surface area contributed by atoms with Crippen LogP contribution in [0.25, 0.3) is 44.4 Å². The molecule has 0 aliphatic carbocycles. The molecular weight excluding hydrogens is 808 g/mol. The quantitative estimate of drug-likeness (QED) is 0.129. The Labute approximate surface area is 317 Å². The molecule has 4 aromatic carbocycles. The van der Waals surface area contributed by atoms with Crippen molar-refractivity contribution >= 4 is 21.8 Å². The fourth-order valence-corrected chi connectivity index (χ4v) is 7.00. The fraction of sp³-hybridized carbons (Fsp3) is 0.289. The Bertz CT molecular complexity index is 2280. The van der Waals surface area contributed by atoms with Gasteiger partial charge in [0.05, 0.1) is 6.20 Å². The van der Waals surface area contributed by atoms with Gasteiger partial charge in [-0.2, -0.15) is 11.2 Å². The average molecular weight is 854 g/mol. The van der Waals surface area contributed by atoms with Crippen molar-refractivity contribution in [2.24, 2.45) is 5.92 Å². The third kappa shape index (κ3) is 7.32. The molecule has 262 valence electrons. The number of hydrogen-bond acceptors (Lipinski definition) is 3. The van der Waals surface area contributed by atoms with Crippen molar-refractivity contribution < 1.29 is 25.8 Å². The van der Waals surface area contributed by atoms with Gasteiger partial charge < -0.3 is 9.30 Å². The van der Waals surface area contributed by atoms with Gasteiger partial charge in [-0.15, -0.1) is 41.3 Å². The first kappa shape index (κ1) is 36.3. The Balaban J connectivity index is 0.00000448. The molecule has 3 aromatic heterocycles. The van der Waals surface area contributed by atoms with E-state index in [1.54, 1.807) is 0 Å². The number of aromatic nitrogens is 4. The smallest absolute Gasteiger partial charge is 0.509 e. The Kier molecular flexibility index (Phi) is 10.7. The SMILES string of the molecule is CC(C)Cc1ccnc(-n2c3[c-]c(Oc4[c-]c(-n5cc(-c6c(C(C)C)cccc6C(C)C)cn5)cc(C(C)C)c4)ccc3c3ccccc32)c1.[Pt+2]. The van der Waals surface area contributed by atoms with Crippen molar-refractivity contribution in [3.8, 4) is 34.1 Å². The van der Waals surface area contributed by atoms with Gasteiger partial charge in [0.1, 0.15) is 5.82 Å². The Morgan fingerprint density at radius 3 is 2.18 bits per heavy atom. The molecular formula is C45H46N4OPt. The maximum absolute atomic E-state index is 6.61. The summed E-state index contributed by atoms with van der Waals surface area (Å²) in [6.07, 6.45) is 7.02. The van der Waals surface area contributed by atoms with Crippen LogP contribution in [0.15, 0.2) is 97.5 Å². The van der Waals surface area contributed by atoms with E-state index < -0.39 is 0 Å². The van der Waals surface area contributed by atoms with Gasteiger partial charge in [-0.25, -0.2) is 4.98 Å². The summed E-state index contributed by atoms with van der Waals surface area (Å²) < 4.78 is 10.7. The fourth-order valence-electron chi connectivity index (χ4n) is 7.00. The zero-order valence-corrected chi connectivity index (χ0v) is 33.0. The first-order valence-corrected chi connectivity index (χ1v) is 17.9. The van der Waals surface area contributed by atoms with Crippen LogP contribution < -0.4 is 4.74 Å². The van der Waals surface area contributed by atoms with Crippen LogP contribution in [0.4, 0.5) is 0 Å². The second kappa shape index (κ2) is 15.0. The number of pyridine rings is 1. The number of nitrogens with zero attached hydrogens (tertiary/aromatic N) is 4. The molecule has 0 fully saturated rings. The topological polar surface area (TPSA) is 44.9 Å². The van der Waals surface area contributed by atoms with Crippen LogP contribution in [0.5, 0.6) is 11.5 Å². The van der Waals surface area contributed by atoms with Crippen LogP contribution in [0, 0.1) is 18.1 Å². The summed E-state index contributed by atoms with van der Waals surface area (Å²) in [5.41, 5.74) is 10.4. The summed E-state index contributed by atoms with van der Waals surface area (Å²) in [7, 11) is 0. The standard InChI is InChI=1S/C45H46N4O.Pt/c1-28(2)20-32-18-19-46-44(21-32)49-42-15-10-9-12-40(42)41-17-16-36(25-43(41)49)50-37-23-33(29(3)4)22-35(24-37)48-27-34(26-47-48)45-38(30(5)6)13-11-14-39(45)31(7)8;/h9-19,21-23,26-31H,20H2,1-8H3;/q-2;+2. The monoisotopic (exact) mass is 853 g/mol. The predicted molar refractivity (Wildman–Crippen MR) is 206 cm³/mol. The number of ether oxygens (including phenoxy) is 1. The second-order valence-corrected chi connectivity index (χ2v) is 14.8. The number of rotatable bonds is 10. The molecule has 0 aliphatic heterocycles. The van der Waals surface area contributed by atoms with Gasteiger partial charge >= 0.3 is 21.1 Å². The molecule has 0 saturated carbocycles. The van der Waals surface area contributed by atoms with Crippen LogP contribution in [0.3, 0.4) is 0 Å². The Morgan fingerprint density at radius 1 is 0.725 bits per heavy atom. The van der Waals surface area contributed by atoms with Gasteiger partial charge in [0.25, 0.3) is 0 Å². The van der Waals surface area contributed by atoms with E-state index in [0.29, 0.717) is 29.3 Å². The van der Waals surface area contributed by atoms with E-state index in [0.717, 1.165) is 50.9 Å². The van der Waals surface area contributed by atoms with Crippen LogP contribution in [-0.2, 0) is 27.5 Å². The molecule has 0 radical (unpaired) electrons. The second-order valence-electron chi connectivity index (χ2n) is 14.8. The Morgan fingerprint density at radius 2 is 1.47 bits per heavy atom. The molecule has 5 nitrogen and oxygen atoms in total. The van der Waals surface area contributed by atoms with Crippen molar-refractivity contribution in [2.75, 3.05) is 0 Å². The zero-order valence-electron chi connectivity index (χ0n) is 30.8. The molecule has 0 bridgehead atoms. The predicted octanol–water partition coefficient (Wildman–Crippen LogP) is 12.0. The third-order valence-electron chi connectivity index (χ3n) is 9.47. The molecule has 3 heterocycles. The maximum Gasteiger partial charge on any atom is 2.00 e. The molecule has 0 aliphatic rings. The van der Waals surface area contributed by atoms with Gasteiger partial charge in [-0.1, -0.05) is 97.3 Å². The van der Waals surface area contributed by atoms with Gasteiger partial charge in [0.15, 0.2) is 0 Å². The summed E-state index contributed by atoms with van der Waals surface area (Å²) >= 11 is 0. The van der Waals surface area contributed by atoms with Gasteiger partial charge in [0.2, 0.25) is 0 Å². The largest absolute Gasteiger partial charge is 2.00 e. The number of hydrogen-bond donors (Lipinski definition) is 0. The minimum atomic E-state index is 0. The molecule has 0 amide bonds. The average Bonchev–Trinajstić information content (AvgIpc) is 3.71. The molecule has 0 atom stereocenters. The van der Waals surface area contributed by atoms with Crippen molar-refractivity contribution in [2.45, 2.75) is 79.6 Å². The van der Waals surface area contributed by atoms with E-state index in [4.69, 9.17) is 14.8 Å². The Hall–Kier alpha value is -4.47. The number of benzene rings is 4. The summed E-state index contributed by atoms with van der Waals surface area (Å²) in [6, 6.07) is 34.9. The van der Waals surface area contributed by atoms with Crippen molar-refractivity contribution in [3.63, 3.8) is 0 Å². The molecule has 7 aromatic rings. The number of para-hydroxylation sites is 1. The molecule has 0 N–H and O–H groups in total. The van der Waals surface area contributed by atoms with E-state index >= 15 is 0 Å². The van der Waals surface area contributed by atoms with Crippen molar-refractivity contribution in [3.05, 3.63) is 132 Å². The normalized spacial score (nSPS) is 11.8. The van der Waals surface area contributed by atoms with Crippen LogP contribution in [0.2, 0.25) is 0 Å². The van der Waals surface area contributed by atoms with Gasteiger partial charge in [-0.3, -0.25) is 4.68 Å². The minimum absolute atomic E-state index is 0. The summed E-state index contributed by atoms with van der Waals surface area (Å²) in [6.45, 7) is 17.9. The molecule has 6 heteroatoms. The molecule has 0 saturated heterocycles. The maximum atomic E-state index is 6.61. The van der Waals surface area contributed by atoms with E-state index in [2.05, 4.69) is 151 Å². The van der Waals surface area contributed by atoms with Crippen LogP contribution in [-0.4, -0.2) is 19.3 Å². The molecule has 0 unspecified atom stereocenters. The first-order chi connectivity index (χ1) is 24.1. The van der Waals surface area contributed by atoms with E-state index in [1.165, 1.54) is 22.3 Å². The number of fused-ring (bicyclic) bond motifs is 3. The molecule has 51 heavy (non-hydrogen) atoms. The molecule has 0 spiro atoms. The van der Waals surface area contributed by atoms with E-state index in [-0.39, 0.29) is 27.0 Å². The van der Waals surface area contributed by atoms with Gasteiger partial charge in [0, 0.05) is 35.0 Å². The summed E-state index contributed by atoms with van der Waals surface area (Å²) in [5, 5.41) is 7.13.